The highest BCUT2D eigenvalue weighted by atomic mass is 16.3. The number of aryl methyl sites for hydroxylation is 1. The maximum atomic E-state index is 13.6. The Balaban J connectivity index is 1.43. The second kappa shape index (κ2) is 8.89. The molecule has 1 atom stereocenters. The predicted molar refractivity (Wildman–Crippen MR) is 138 cm³/mol. The quantitative estimate of drug-likeness (QED) is 0.336. The van der Waals surface area contributed by atoms with Crippen molar-refractivity contribution >= 4 is 22.7 Å². The van der Waals surface area contributed by atoms with Crippen molar-refractivity contribution < 1.29 is 14.0 Å². The number of carbonyl (C=O) groups excluding carboxylic acids is 2. The molecule has 5 aromatic rings. The third-order valence-corrected chi connectivity index (χ3v) is 6.71. The Morgan fingerprint density at radius 2 is 1.69 bits per heavy atom. The van der Waals surface area contributed by atoms with Crippen LogP contribution in [0.2, 0.25) is 0 Å². The number of H-pyrrole nitrogens is 1. The molecule has 0 aliphatic carbocycles. The van der Waals surface area contributed by atoms with Gasteiger partial charge in [-0.2, -0.15) is 0 Å². The largest absolute Gasteiger partial charge is 0.465 e. The lowest BCUT2D eigenvalue weighted by molar-refractivity contribution is -0.122. The zero-order chi connectivity index (χ0) is 24.6. The summed E-state index contributed by atoms with van der Waals surface area (Å²) >= 11 is 0. The van der Waals surface area contributed by atoms with Crippen molar-refractivity contribution in [2.75, 3.05) is 6.54 Å². The van der Waals surface area contributed by atoms with Gasteiger partial charge in [0.1, 0.15) is 18.1 Å². The first-order valence-electron chi connectivity index (χ1n) is 12.0. The van der Waals surface area contributed by atoms with E-state index in [4.69, 9.17) is 4.42 Å². The van der Waals surface area contributed by atoms with Gasteiger partial charge in [-0.15, -0.1) is 0 Å². The van der Waals surface area contributed by atoms with E-state index in [1.54, 1.807) is 4.90 Å². The van der Waals surface area contributed by atoms with Crippen LogP contribution in [-0.2, 0) is 11.3 Å². The summed E-state index contributed by atoms with van der Waals surface area (Å²) in [6.07, 6.45) is 0. The van der Waals surface area contributed by atoms with E-state index in [2.05, 4.69) is 28.5 Å². The van der Waals surface area contributed by atoms with Crippen LogP contribution in [0.25, 0.3) is 22.2 Å². The average Bonchev–Trinajstić information content (AvgIpc) is 3.58. The number of fused-ring (bicyclic) bond motifs is 2. The Labute approximate surface area is 208 Å². The number of amides is 2. The van der Waals surface area contributed by atoms with Gasteiger partial charge in [0.05, 0.1) is 18.3 Å². The van der Waals surface area contributed by atoms with Gasteiger partial charge in [0.25, 0.3) is 5.91 Å². The van der Waals surface area contributed by atoms with Gasteiger partial charge in [0.15, 0.2) is 0 Å². The number of aromatic nitrogens is 1. The lowest BCUT2D eigenvalue weighted by atomic mass is 9.93. The predicted octanol–water partition coefficient (Wildman–Crippen LogP) is 5.60. The molecule has 0 unspecified atom stereocenters. The fraction of sp³-hybridized carbons (Fsp3) is 0.133. The molecule has 1 aliphatic rings. The maximum absolute atomic E-state index is 13.6. The summed E-state index contributed by atoms with van der Waals surface area (Å²) in [6, 6.07) is 29.1. The van der Waals surface area contributed by atoms with E-state index in [0.29, 0.717) is 11.3 Å². The van der Waals surface area contributed by atoms with Crippen LogP contribution in [0, 0.1) is 6.92 Å². The highest BCUT2D eigenvalue weighted by Crippen LogP contribution is 2.45. The number of benzene rings is 3. The molecular formula is C30H25N3O3. The molecule has 0 bridgehead atoms. The van der Waals surface area contributed by atoms with Gasteiger partial charge in [0.2, 0.25) is 5.91 Å². The molecule has 0 spiro atoms. The number of nitrogens with one attached hydrogen (secondary N) is 2. The van der Waals surface area contributed by atoms with Gasteiger partial charge in [-0.3, -0.25) is 9.59 Å². The Morgan fingerprint density at radius 3 is 2.50 bits per heavy atom. The summed E-state index contributed by atoms with van der Waals surface area (Å²) in [6.45, 7) is 2.07. The minimum atomic E-state index is -0.406. The van der Waals surface area contributed by atoms with Gasteiger partial charge in [0, 0.05) is 22.0 Å². The van der Waals surface area contributed by atoms with E-state index in [0.717, 1.165) is 39.0 Å². The second-order valence-corrected chi connectivity index (χ2v) is 9.04. The molecule has 2 N–H and O–H groups in total. The summed E-state index contributed by atoms with van der Waals surface area (Å²) in [5.74, 6) is 1.08. The Hall–Kier alpha value is -4.58. The number of carbonyl (C=O) groups is 2. The van der Waals surface area contributed by atoms with Gasteiger partial charge in [-0.05, 0) is 42.3 Å². The van der Waals surface area contributed by atoms with Crippen LogP contribution in [0.15, 0.2) is 95.4 Å². The van der Waals surface area contributed by atoms with Crippen molar-refractivity contribution in [1.82, 2.24) is 15.2 Å². The second-order valence-electron chi connectivity index (χ2n) is 9.04. The summed E-state index contributed by atoms with van der Waals surface area (Å²) in [5.41, 5.74) is 5.48. The van der Waals surface area contributed by atoms with Crippen molar-refractivity contribution in [3.8, 4) is 11.3 Å². The molecule has 3 aromatic carbocycles. The minimum absolute atomic E-state index is 0.0639. The van der Waals surface area contributed by atoms with Crippen molar-refractivity contribution in [1.29, 1.82) is 0 Å². The molecule has 0 saturated heterocycles. The summed E-state index contributed by atoms with van der Waals surface area (Å²) in [5, 5.41) is 3.93. The van der Waals surface area contributed by atoms with Gasteiger partial charge < -0.3 is 19.6 Å². The minimum Gasteiger partial charge on any atom is -0.465 e. The van der Waals surface area contributed by atoms with E-state index in [1.807, 2.05) is 79.7 Å². The Morgan fingerprint density at radius 1 is 0.944 bits per heavy atom. The maximum Gasteiger partial charge on any atom is 0.255 e. The molecule has 0 saturated carbocycles. The Kier molecular flexibility index (Phi) is 5.41. The normalized spacial score (nSPS) is 14.9. The molecule has 6 rings (SSSR count). The molecular weight excluding hydrogens is 450 g/mol. The Bertz CT molecular complexity index is 1580. The van der Waals surface area contributed by atoms with Gasteiger partial charge in [-0.1, -0.05) is 66.7 Å². The van der Waals surface area contributed by atoms with Crippen LogP contribution in [0.1, 0.15) is 39.0 Å². The third kappa shape index (κ3) is 3.77. The molecule has 178 valence electrons. The average molecular weight is 476 g/mol. The topological polar surface area (TPSA) is 78.3 Å². The number of aromatic amines is 1. The van der Waals surface area contributed by atoms with Crippen molar-refractivity contribution in [3.63, 3.8) is 0 Å². The molecule has 0 fully saturated rings. The zero-order valence-electron chi connectivity index (χ0n) is 19.8. The molecule has 6 nitrogen and oxygen atoms in total. The smallest absolute Gasteiger partial charge is 0.255 e. The fourth-order valence-electron chi connectivity index (χ4n) is 5.10. The number of hydrogen-bond donors (Lipinski definition) is 2. The lowest BCUT2D eigenvalue weighted by Gasteiger charge is -2.26. The number of hydrogen-bond acceptors (Lipinski definition) is 3. The molecule has 0 radical (unpaired) electrons. The number of nitrogens with zero attached hydrogens (tertiary/aromatic N) is 1. The number of rotatable bonds is 6. The van der Waals surface area contributed by atoms with E-state index < -0.39 is 6.04 Å². The van der Waals surface area contributed by atoms with E-state index in [-0.39, 0.29) is 24.9 Å². The van der Waals surface area contributed by atoms with Crippen LogP contribution in [-0.4, -0.2) is 28.2 Å². The van der Waals surface area contributed by atoms with Crippen molar-refractivity contribution in [3.05, 3.63) is 119 Å². The first-order valence-corrected chi connectivity index (χ1v) is 12.0. The zero-order valence-corrected chi connectivity index (χ0v) is 19.8. The van der Waals surface area contributed by atoms with Crippen LogP contribution in [0.5, 0.6) is 0 Å². The summed E-state index contributed by atoms with van der Waals surface area (Å²) in [4.78, 5) is 31.9. The fourth-order valence-corrected chi connectivity index (χ4v) is 5.10. The van der Waals surface area contributed by atoms with E-state index >= 15 is 0 Å². The summed E-state index contributed by atoms with van der Waals surface area (Å²) in [7, 11) is 0. The van der Waals surface area contributed by atoms with E-state index in [9.17, 15) is 9.59 Å². The monoisotopic (exact) mass is 475 g/mol. The lowest BCUT2D eigenvalue weighted by Crippen LogP contribution is -2.39. The van der Waals surface area contributed by atoms with E-state index in [1.165, 1.54) is 0 Å². The van der Waals surface area contributed by atoms with Crippen LogP contribution in [0.4, 0.5) is 0 Å². The molecule has 2 aromatic heterocycles. The van der Waals surface area contributed by atoms with Gasteiger partial charge in [-0.25, -0.2) is 0 Å². The van der Waals surface area contributed by atoms with Crippen LogP contribution >= 0.6 is 0 Å². The molecule has 2 amide bonds. The SMILES string of the molecule is Cc1ccc(CNC(=O)CN2C(=O)c3ccccc3[C@@H]2c2c(-c3ccccc3)[nH]c3ccccc23)o1. The van der Waals surface area contributed by atoms with Crippen LogP contribution in [0.3, 0.4) is 0 Å². The van der Waals surface area contributed by atoms with Crippen molar-refractivity contribution in [2.45, 2.75) is 19.5 Å². The molecule has 36 heavy (non-hydrogen) atoms. The highest BCUT2D eigenvalue weighted by Gasteiger charge is 2.40. The molecule has 1 aliphatic heterocycles. The van der Waals surface area contributed by atoms with Crippen LogP contribution < -0.4 is 5.32 Å². The molecule has 6 heteroatoms. The first kappa shape index (κ1) is 21.9. The molecule has 3 heterocycles. The number of para-hydroxylation sites is 1. The number of furan rings is 1. The summed E-state index contributed by atoms with van der Waals surface area (Å²) < 4.78 is 5.57. The van der Waals surface area contributed by atoms with Crippen molar-refractivity contribution in [2.24, 2.45) is 0 Å². The first-order chi connectivity index (χ1) is 17.6. The van der Waals surface area contributed by atoms with Gasteiger partial charge >= 0.3 is 0 Å². The highest BCUT2D eigenvalue weighted by molar-refractivity contribution is 6.03. The standard InChI is InChI=1S/C30H25N3O3/c1-19-15-16-21(36-19)17-31-26(34)18-33-29(22-11-5-6-12-23(22)30(33)35)27-24-13-7-8-14-25(24)32-28(27)20-9-3-2-4-10-20/h2-16,29,32H,17-18H2,1H3,(H,31,34)/t29-/m1/s1. The third-order valence-electron chi connectivity index (χ3n) is 6.71.